The smallest absolute Gasteiger partial charge is 0.341 e. The molecule has 0 saturated carbocycles. The van der Waals surface area contributed by atoms with Crippen LogP contribution in [0, 0.1) is 6.92 Å². The maximum absolute atomic E-state index is 12.4. The number of halogens is 1. The number of benzene rings is 3. The van der Waals surface area contributed by atoms with Gasteiger partial charge in [-0.3, -0.25) is 4.79 Å². The Morgan fingerprint density at radius 2 is 1.74 bits per heavy atom. The molecule has 1 N–H and O–H groups in total. The molecule has 0 aliphatic heterocycles. The first kappa shape index (κ1) is 24.9. The van der Waals surface area contributed by atoms with E-state index < -0.39 is 5.97 Å². The van der Waals surface area contributed by atoms with Crippen molar-refractivity contribution in [3.05, 3.63) is 94.0 Å². The zero-order chi connectivity index (χ0) is 24.5. The van der Waals surface area contributed by atoms with Gasteiger partial charge >= 0.3 is 5.97 Å². The van der Waals surface area contributed by atoms with Crippen LogP contribution < -0.4 is 14.8 Å². The number of aryl methyl sites for hydroxylation is 1. The summed E-state index contributed by atoms with van der Waals surface area (Å²) in [5.41, 5.74) is 3.64. The Balaban J connectivity index is 1.60. The molecule has 34 heavy (non-hydrogen) atoms. The third-order valence-corrected chi connectivity index (χ3v) is 5.19. The zero-order valence-corrected chi connectivity index (χ0v) is 20.0. The largest absolute Gasteiger partial charge is 0.496 e. The Morgan fingerprint density at radius 3 is 2.38 bits per heavy atom. The van der Waals surface area contributed by atoms with Gasteiger partial charge in [-0.05, 0) is 49.2 Å². The average Bonchev–Trinajstić information content (AvgIpc) is 2.84. The molecule has 3 rings (SSSR count). The van der Waals surface area contributed by atoms with Gasteiger partial charge in [0.05, 0.1) is 24.4 Å². The number of ether oxygens (including phenoxy) is 3. The summed E-state index contributed by atoms with van der Waals surface area (Å²) in [7, 11) is 1.42. The molecule has 0 fully saturated rings. The van der Waals surface area contributed by atoms with E-state index in [1.54, 1.807) is 13.0 Å². The first-order chi connectivity index (χ1) is 16.4. The van der Waals surface area contributed by atoms with Crippen molar-refractivity contribution in [1.82, 2.24) is 0 Å². The second-order valence-electron chi connectivity index (χ2n) is 7.42. The van der Waals surface area contributed by atoms with E-state index in [4.69, 9.17) is 25.8 Å². The summed E-state index contributed by atoms with van der Waals surface area (Å²) >= 11 is 6.25. The number of esters is 1. The second kappa shape index (κ2) is 11.9. The van der Waals surface area contributed by atoms with Crippen molar-refractivity contribution in [2.75, 3.05) is 19.0 Å². The van der Waals surface area contributed by atoms with Crippen LogP contribution in [0.3, 0.4) is 0 Å². The topological polar surface area (TPSA) is 73.9 Å². The van der Waals surface area contributed by atoms with E-state index in [1.165, 1.54) is 30.9 Å². The quantitative estimate of drug-likeness (QED) is 0.298. The van der Waals surface area contributed by atoms with Gasteiger partial charge in [-0.2, -0.15) is 0 Å². The van der Waals surface area contributed by atoms with Gasteiger partial charge in [0.1, 0.15) is 23.7 Å². The third-order valence-electron chi connectivity index (χ3n) is 4.88. The van der Waals surface area contributed by atoms with Crippen LogP contribution in [0.4, 0.5) is 5.69 Å². The number of rotatable bonds is 9. The molecule has 0 aliphatic rings. The van der Waals surface area contributed by atoms with Gasteiger partial charge in [0.15, 0.2) is 0 Å². The Kier molecular flexibility index (Phi) is 8.71. The maximum Gasteiger partial charge on any atom is 0.341 e. The fourth-order valence-electron chi connectivity index (χ4n) is 3.06. The van der Waals surface area contributed by atoms with Crippen LogP contribution >= 0.6 is 11.6 Å². The minimum atomic E-state index is -0.551. The highest BCUT2D eigenvalue weighted by atomic mass is 35.5. The lowest BCUT2D eigenvalue weighted by Gasteiger charge is -2.12. The Labute approximate surface area is 204 Å². The molecule has 6 nitrogen and oxygen atoms in total. The van der Waals surface area contributed by atoms with Crippen LogP contribution in [0.25, 0.3) is 6.08 Å². The average molecular weight is 480 g/mol. The van der Waals surface area contributed by atoms with Crippen LogP contribution in [-0.4, -0.2) is 25.6 Å². The molecule has 0 heterocycles. The fourth-order valence-corrected chi connectivity index (χ4v) is 3.27. The van der Waals surface area contributed by atoms with Crippen LogP contribution in [0.15, 0.2) is 66.7 Å². The molecule has 0 radical (unpaired) electrons. The summed E-state index contributed by atoms with van der Waals surface area (Å²) in [6.07, 6.45) is 3.07. The van der Waals surface area contributed by atoms with Crippen LogP contribution in [0.1, 0.15) is 34.0 Å². The van der Waals surface area contributed by atoms with E-state index in [0.717, 1.165) is 16.9 Å². The summed E-state index contributed by atoms with van der Waals surface area (Å²) in [6.45, 7) is 4.46. The third kappa shape index (κ3) is 6.86. The second-order valence-corrected chi connectivity index (χ2v) is 7.83. The minimum Gasteiger partial charge on any atom is -0.496 e. The van der Waals surface area contributed by atoms with Gasteiger partial charge in [-0.1, -0.05) is 53.6 Å². The lowest BCUT2D eigenvalue weighted by Crippen LogP contribution is -2.11. The SMILES string of the molecule is CCOC(=O)c1cc(Cl)c(NC(=O)/C=C/c2ccc(OCc3ccc(C)cc3)cc2)cc1OC. The Bertz CT molecular complexity index is 1170. The molecular formula is C27H26ClNO5. The highest BCUT2D eigenvalue weighted by molar-refractivity contribution is 6.34. The predicted molar refractivity (Wildman–Crippen MR) is 134 cm³/mol. The molecule has 7 heteroatoms. The molecule has 0 saturated heterocycles. The number of anilines is 1. The van der Waals surface area contributed by atoms with Crippen LogP contribution in [-0.2, 0) is 16.1 Å². The maximum atomic E-state index is 12.4. The van der Waals surface area contributed by atoms with Gasteiger partial charge in [-0.15, -0.1) is 0 Å². The van der Waals surface area contributed by atoms with Gasteiger partial charge in [-0.25, -0.2) is 4.79 Å². The fraction of sp³-hybridized carbons (Fsp3) is 0.185. The van der Waals surface area contributed by atoms with E-state index >= 15 is 0 Å². The van der Waals surface area contributed by atoms with Crippen molar-refractivity contribution in [3.8, 4) is 11.5 Å². The van der Waals surface area contributed by atoms with E-state index in [2.05, 4.69) is 17.4 Å². The van der Waals surface area contributed by atoms with Crippen molar-refractivity contribution >= 4 is 35.2 Å². The summed E-state index contributed by atoms with van der Waals surface area (Å²) in [6, 6.07) is 18.5. The summed E-state index contributed by atoms with van der Waals surface area (Å²) in [4.78, 5) is 24.4. The summed E-state index contributed by atoms with van der Waals surface area (Å²) < 4.78 is 16.0. The number of carbonyl (C=O) groups excluding carboxylic acids is 2. The minimum absolute atomic E-state index is 0.188. The van der Waals surface area contributed by atoms with Gasteiger partial charge < -0.3 is 19.5 Å². The Hall–Kier alpha value is -3.77. The molecule has 1 amide bonds. The zero-order valence-electron chi connectivity index (χ0n) is 19.3. The number of amides is 1. The van der Waals surface area contributed by atoms with Gasteiger partial charge in [0.2, 0.25) is 5.91 Å². The van der Waals surface area contributed by atoms with E-state index in [1.807, 2.05) is 43.3 Å². The molecule has 0 bridgehead atoms. The molecule has 0 atom stereocenters. The molecule has 3 aromatic carbocycles. The number of methoxy groups -OCH3 is 1. The van der Waals surface area contributed by atoms with Gasteiger partial charge in [0.25, 0.3) is 0 Å². The standard InChI is InChI=1S/C27H26ClNO5/c1-4-33-27(31)22-15-23(28)24(16-25(22)32-3)29-26(30)14-11-19-9-12-21(13-10-19)34-17-20-7-5-18(2)6-8-20/h5-16H,4,17H2,1-3H3,(H,29,30)/b14-11+. The highest BCUT2D eigenvalue weighted by Crippen LogP contribution is 2.31. The first-order valence-corrected chi connectivity index (χ1v) is 11.1. The first-order valence-electron chi connectivity index (χ1n) is 10.7. The number of nitrogens with one attached hydrogen (secondary N) is 1. The molecule has 3 aromatic rings. The molecule has 0 aromatic heterocycles. The van der Waals surface area contributed by atoms with Crippen molar-refractivity contribution in [1.29, 1.82) is 0 Å². The lowest BCUT2D eigenvalue weighted by molar-refractivity contribution is -0.111. The molecule has 0 aliphatic carbocycles. The monoisotopic (exact) mass is 479 g/mol. The normalized spacial score (nSPS) is 10.7. The van der Waals surface area contributed by atoms with Crippen LogP contribution in [0.2, 0.25) is 5.02 Å². The Morgan fingerprint density at radius 1 is 1.03 bits per heavy atom. The van der Waals surface area contributed by atoms with Crippen molar-refractivity contribution < 1.29 is 23.8 Å². The number of hydrogen-bond donors (Lipinski definition) is 1. The van der Waals surface area contributed by atoms with Crippen molar-refractivity contribution in [2.45, 2.75) is 20.5 Å². The van der Waals surface area contributed by atoms with Crippen molar-refractivity contribution in [2.24, 2.45) is 0 Å². The number of carbonyl (C=O) groups is 2. The van der Waals surface area contributed by atoms with E-state index in [0.29, 0.717) is 12.3 Å². The van der Waals surface area contributed by atoms with E-state index in [-0.39, 0.29) is 28.8 Å². The molecule has 0 spiro atoms. The van der Waals surface area contributed by atoms with Crippen molar-refractivity contribution in [3.63, 3.8) is 0 Å². The van der Waals surface area contributed by atoms with Crippen LogP contribution in [0.5, 0.6) is 11.5 Å². The van der Waals surface area contributed by atoms with Gasteiger partial charge in [0, 0.05) is 12.1 Å². The summed E-state index contributed by atoms with van der Waals surface area (Å²) in [5.74, 6) is 0.0592. The molecule has 176 valence electrons. The molecule has 0 unspecified atom stereocenters. The lowest BCUT2D eigenvalue weighted by atomic mass is 10.1. The predicted octanol–water partition coefficient (Wildman–Crippen LogP) is 6.06. The highest BCUT2D eigenvalue weighted by Gasteiger charge is 2.17. The summed E-state index contributed by atoms with van der Waals surface area (Å²) in [5, 5.41) is 2.89. The van der Waals surface area contributed by atoms with E-state index in [9.17, 15) is 9.59 Å². The molecular weight excluding hydrogens is 454 g/mol. The number of hydrogen-bond acceptors (Lipinski definition) is 5.